The minimum Gasteiger partial charge on any atom is -0.348 e. The molecule has 1 heterocycles. The number of nitrogens with one attached hydrogen (secondary N) is 1. The van der Waals surface area contributed by atoms with E-state index in [-0.39, 0.29) is 22.6 Å². The second kappa shape index (κ2) is 9.78. The number of rotatable bonds is 8. The number of sulfonamides is 1. The van der Waals surface area contributed by atoms with Gasteiger partial charge in [0.05, 0.1) is 27.7 Å². The van der Waals surface area contributed by atoms with Gasteiger partial charge in [0.2, 0.25) is 15.9 Å². The van der Waals surface area contributed by atoms with Crippen molar-refractivity contribution in [1.29, 1.82) is 0 Å². The van der Waals surface area contributed by atoms with Crippen LogP contribution in [0.3, 0.4) is 0 Å². The minimum absolute atomic E-state index is 0.00834. The number of nitrogens with zero attached hydrogens (tertiary/aromatic N) is 2. The average molecular weight is 481 g/mol. The molecule has 3 N–H and O–H groups in total. The SMILES string of the molecule is Cn1c(SCC(=O)N[C@H](Cc2ccccc2)c2ccccc2)nc2cc(S(N)(=O)=O)ccc21. The molecule has 3 aromatic carbocycles. The van der Waals surface area contributed by atoms with Crippen LogP contribution in [0.25, 0.3) is 11.0 Å². The number of carbonyl (C=O) groups excluding carboxylic acids is 1. The van der Waals surface area contributed by atoms with E-state index < -0.39 is 10.0 Å². The van der Waals surface area contributed by atoms with Gasteiger partial charge in [-0.25, -0.2) is 18.5 Å². The summed E-state index contributed by atoms with van der Waals surface area (Å²) in [7, 11) is -1.98. The van der Waals surface area contributed by atoms with Gasteiger partial charge in [-0.2, -0.15) is 0 Å². The summed E-state index contributed by atoms with van der Waals surface area (Å²) in [6.07, 6.45) is 0.684. The summed E-state index contributed by atoms with van der Waals surface area (Å²) < 4.78 is 25.1. The van der Waals surface area contributed by atoms with E-state index in [2.05, 4.69) is 10.3 Å². The van der Waals surface area contributed by atoms with E-state index in [1.54, 1.807) is 6.07 Å². The Balaban J connectivity index is 1.48. The van der Waals surface area contributed by atoms with Crippen molar-refractivity contribution in [3.8, 4) is 0 Å². The van der Waals surface area contributed by atoms with E-state index in [1.165, 1.54) is 23.9 Å². The van der Waals surface area contributed by atoms with Crippen molar-refractivity contribution < 1.29 is 13.2 Å². The lowest BCUT2D eigenvalue weighted by Gasteiger charge is -2.19. The summed E-state index contributed by atoms with van der Waals surface area (Å²) in [5.41, 5.74) is 3.45. The van der Waals surface area contributed by atoms with E-state index >= 15 is 0 Å². The molecule has 170 valence electrons. The first-order chi connectivity index (χ1) is 15.8. The Bertz CT molecular complexity index is 1370. The number of benzene rings is 3. The molecule has 0 fully saturated rings. The first-order valence-electron chi connectivity index (χ1n) is 10.3. The predicted molar refractivity (Wildman–Crippen MR) is 130 cm³/mol. The normalized spacial score (nSPS) is 12.5. The number of carbonyl (C=O) groups is 1. The van der Waals surface area contributed by atoms with Crippen LogP contribution in [0.15, 0.2) is 88.9 Å². The number of thioether (sulfide) groups is 1. The van der Waals surface area contributed by atoms with Crippen molar-refractivity contribution in [3.63, 3.8) is 0 Å². The quantitative estimate of drug-likeness (QED) is 0.376. The molecule has 0 bridgehead atoms. The van der Waals surface area contributed by atoms with Crippen LogP contribution in [0.1, 0.15) is 17.2 Å². The number of hydrogen-bond donors (Lipinski definition) is 2. The Kier molecular flexibility index (Phi) is 6.83. The zero-order valence-corrected chi connectivity index (χ0v) is 19.6. The monoisotopic (exact) mass is 480 g/mol. The number of imidazole rings is 1. The van der Waals surface area contributed by atoms with E-state index in [1.807, 2.05) is 72.3 Å². The van der Waals surface area contributed by atoms with Crippen molar-refractivity contribution in [2.75, 3.05) is 5.75 Å². The van der Waals surface area contributed by atoms with Crippen LogP contribution >= 0.6 is 11.8 Å². The van der Waals surface area contributed by atoms with E-state index in [9.17, 15) is 13.2 Å². The molecule has 4 rings (SSSR count). The van der Waals surface area contributed by atoms with Crippen LogP contribution in [-0.4, -0.2) is 29.6 Å². The minimum atomic E-state index is -3.81. The highest BCUT2D eigenvalue weighted by Gasteiger charge is 2.18. The van der Waals surface area contributed by atoms with Gasteiger partial charge < -0.3 is 9.88 Å². The van der Waals surface area contributed by atoms with Crippen molar-refractivity contribution in [2.24, 2.45) is 12.2 Å². The fourth-order valence-electron chi connectivity index (χ4n) is 3.62. The maximum atomic E-state index is 12.8. The molecular formula is C24H24N4O3S2. The van der Waals surface area contributed by atoms with Gasteiger partial charge in [-0.3, -0.25) is 4.79 Å². The molecule has 0 saturated heterocycles. The van der Waals surface area contributed by atoms with Crippen molar-refractivity contribution in [3.05, 3.63) is 90.0 Å². The lowest BCUT2D eigenvalue weighted by molar-refractivity contribution is -0.119. The zero-order chi connectivity index (χ0) is 23.4. The summed E-state index contributed by atoms with van der Waals surface area (Å²) in [4.78, 5) is 17.3. The van der Waals surface area contributed by atoms with Gasteiger partial charge in [-0.05, 0) is 35.7 Å². The average Bonchev–Trinajstić information content (AvgIpc) is 3.13. The first-order valence-corrected chi connectivity index (χ1v) is 12.8. The topological polar surface area (TPSA) is 107 Å². The first kappa shape index (κ1) is 23.0. The fraction of sp³-hybridized carbons (Fsp3) is 0.167. The largest absolute Gasteiger partial charge is 0.348 e. The molecule has 7 nitrogen and oxygen atoms in total. The van der Waals surface area contributed by atoms with E-state index in [0.717, 1.165) is 16.6 Å². The molecular weight excluding hydrogens is 456 g/mol. The zero-order valence-electron chi connectivity index (χ0n) is 18.0. The molecule has 0 saturated carbocycles. The number of aromatic nitrogens is 2. The highest BCUT2D eigenvalue weighted by atomic mass is 32.2. The number of aryl methyl sites for hydroxylation is 1. The Hall–Kier alpha value is -3.14. The molecule has 1 aromatic heterocycles. The molecule has 1 amide bonds. The third kappa shape index (κ3) is 5.62. The lowest BCUT2D eigenvalue weighted by atomic mass is 9.99. The maximum Gasteiger partial charge on any atom is 0.238 e. The molecule has 33 heavy (non-hydrogen) atoms. The van der Waals surface area contributed by atoms with Gasteiger partial charge in [0.15, 0.2) is 5.16 Å². The summed E-state index contributed by atoms with van der Waals surface area (Å²) in [6, 6.07) is 24.3. The highest BCUT2D eigenvalue weighted by molar-refractivity contribution is 7.99. The molecule has 0 spiro atoms. The third-order valence-electron chi connectivity index (χ3n) is 5.29. The van der Waals surface area contributed by atoms with Crippen molar-refractivity contribution >= 4 is 38.7 Å². The Morgan fingerprint density at radius 1 is 1.06 bits per heavy atom. The van der Waals surface area contributed by atoms with E-state index in [4.69, 9.17) is 5.14 Å². The van der Waals surface area contributed by atoms with Gasteiger partial charge in [0.25, 0.3) is 0 Å². The second-order valence-electron chi connectivity index (χ2n) is 7.66. The highest BCUT2D eigenvalue weighted by Crippen LogP contribution is 2.25. The Morgan fingerprint density at radius 2 is 1.73 bits per heavy atom. The van der Waals surface area contributed by atoms with Crippen molar-refractivity contribution in [1.82, 2.24) is 14.9 Å². The molecule has 0 unspecified atom stereocenters. The van der Waals surface area contributed by atoms with Gasteiger partial charge in [0.1, 0.15) is 0 Å². The molecule has 0 aliphatic carbocycles. The summed E-state index contributed by atoms with van der Waals surface area (Å²) in [5, 5.41) is 8.98. The van der Waals surface area contributed by atoms with E-state index in [0.29, 0.717) is 17.1 Å². The summed E-state index contributed by atoms with van der Waals surface area (Å²) in [5.74, 6) is 0.0687. The van der Waals surface area contributed by atoms with Crippen LogP contribution in [-0.2, 0) is 28.3 Å². The lowest BCUT2D eigenvalue weighted by Crippen LogP contribution is -2.31. The molecule has 9 heteroatoms. The molecule has 4 aromatic rings. The molecule has 0 aliphatic heterocycles. The Labute approximate surface area is 197 Å². The number of hydrogen-bond acceptors (Lipinski definition) is 5. The fourth-order valence-corrected chi connectivity index (χ4v) is 4.95. The standard InChI is InChI=1S/C24H24N4O3S2/c1-28-22-13-12-19(33(25,30)31)15-21(22)27-24(28)32-16-23(29)26-20(18-10-6-3-7-11-18)14-17-8-4-2-5-9-17/h2-13,15,20H,14,16H2,1H3,(H,26,29)(H2,25,30,31)/t20-/m1/s1. The Morgan fingerprint density at radius 3 is 2.39 bits per heavy atom. The van der Waals surface area contributed by atoms with Crippen LogP contribution in [0.2, 0.25) is 0 Å². The molecule has 1 atom stereocenters. The van der Waals surface area contributed by atoms with Gasteiger partial charge in [-0.15, -0.1) is 0 Å². The van der Waals surface area contributed by atoms with Crippen molar-refractivity contribution in [2.45, 2.75) is 22.5 Å². The predicted octanol–water partition coefficient (Wildman–Crippen LogP) is 3.41. The number of primary sulfonamides is 1. The van der Waals surface area contributed by atoms with Gasteiger partial charge in [0, 0.05) is 7.05 Å². The van der Waals surface area contributed by atoms with Gasteiger partial charge in [-0.1, -0.05) is 72.4 Å². The summed E-state index contributed by atoms with van der Waals surface area (Å²) in [6.45, 7) is 0. The number of amides is 1. The number of fused-ring (bicyclic) bond motifs is 1. The van der Waals surface area contributed by atoms with Crippen LogP contribution in [0, 0.1) is 0 Å². The van der Waals surface area contributed by atoms with Crippen LogP contribution in [0.5, 0.6) is 0 Å². The maximum absolute atomic E-state index is 12.8. The second-order valence-corrected chi connectivity index (χ2v) is 10.2. The van der Waals surface area contributed by atoms with Gasteiger partial charge >= 0.3 is 0 Å². The molecule has 0 aliphatic rings. The van der Waals surface area contributed by atoms with Crippen LogP contribution < -0.4 is 10.5 Å². The van der Waals surface area contributed by atoms with Crippen LogP contribution in [0.4, 0.5) is 0 Å². The summed E-state index contributed by atoms with van der Waals surface area (Å²) >= 11 is 1.30. The number of nitrogens with two attached hydrogens (primary N) is 1. The smallest absolute Gasteiger partial charge is 0.238 e. The third-order valence-corrected chi connectivity index (χ3v) is 7.23. The molecule has 0 radical (unpaired) electrons.